The Labute approximate surface area is 108 Å². The SMILES string of the molecule is CC(NC(=O)c1ccc(Cl)cc1Br)C1CC1. The Balaban J connectivity index is 2.07. The van der Waals surface area contributed by atoms with Crippen LogP contribution in [0, 0.1) is 5.92 Å². The van der Waals surface area contributed by atoms with Gasteiger partial charge in [0, 0.05) is 15.5 Å². The molecule has 16 heavy (non-hydrogen) atoms. The van der Waals surface area contributed by atoms with Crippen molar-refractivity contribution in [2.24, 2.45) is 5.92 Å². The van der Waals surface area contributed by atoms with Crippen LogP contribution in [0.4, 0.5) is 0 Å². The molecule has 1 N–H and O–H groups in total. The lowest BCUT2D eigenvalue weighted by molar-refractivity contribution is 0.0935. The van der Waals surface area contributed by atoms with E-state index in [-0.39, 0.29) is 11.9 Å². The Kier molecular flexibility index (Phi) is 3.55. The molecule has 0 aliphatic heterocycles. The smallest absolute Gasteiger partial charge is 0.252 e. The van der Waals surface area contributed by atoms with E-state index in [0.717, 1.165) is 4.47 Å². The molecule has 2 rings (SSSR count). The summed E-state index contributed by atoms with van der Waals surface area (Å²) in [4.78, 5) is 11.9. The first-order chi connectivity index (χ1) is 7.58. The number of carbonyl (C=O) groups excluding carboxylic acids is 1. The van der Waals surface area contributed by atoms with Gasteiger partial charge in [0.05, 0.1) is 5.56 Å². The summed E-state index contributed by atoms with van der Waals surface area (Å²) in [5.41, 5.74) is 0.636. The third-order valence-electron chi connectivity index (χ3n) is 2.86. The lowest BCUT2D eigenvalue weighted by atomic mass is 10.1. The van der Waals surface area contributed by atoms with E-state index in [9.17, 15) is 4.79 Å². The minimum absolute atomic E-state index is 0.0389. The fraction of sp³-hybridized carbons (Fsp3) is 0.417. The number of hydrogen-bond donors (Lipinski definition) is 1. The van der Waals surface area contributed by atoms with Crippen molar-refractivity contribution in [3.63, 3.8) is 0 Å². The van der Waals surface area contributed by atoms with Crippen LogP contribution in [-0.2, 0) is 0 Å². The van der Waals surface area contributed by atoms with Crippen LogP contribution in [0.1, 0.15) is 30.1 Å². The Bertz CT molecular complexity index is 417. The fourth-order valence-electron chi connectivity index (χ4n) is 1.67. The van der Waals surface area contributed by atoms with Gasteiger partial charge in [0.25, 0.3) is 5.91 Å². The van der Waals surface area contributed by atoms with E-state index in [1.165, 1.54) is 12.8 Å². The summed E-state index contributed by atoms with van der Waals surface area (Å²) in [6.07, 6.45) is 2.45. The molecule has 1 fully saturated rings. The second-order valence-electron chi connectivity index (χ2n) is 4.22. The van der Waals surface area contributed by atoms with Crippen molar-refractivity contribution in [2.75, 3.05) is 0 Å². The topological polar surface area (TPSA) is 29.1 Å². The van der Waals surface area contributed by atoms with E-state index >= 15 is 0 Å². The summed E-state index contributed by atoms with van der Waals surface area (Å²) in [7, 11) is 0. The minimum atomic E-state index is -0.0389. The lowest BCUT2D eigenvalue weighted by Crippen LogP contribution is -2.34. The van der Waals surface area contributed by atoms with E-state index in [1.807, 2.05) is 0 Å². The predicted molar refractivity (Wildman–Crippen MR) is 68.8 cm³/mol. The molecule has 0 radical (unpaired) electrons. The van der Waals surface area contributed by atoms with Crippen LogP contribution in [-0.4, -0.2) is 11.9 Å². The molecule has 0 saturated heterocycles. The Hall–Kier alpha value is -0.540. The second kappa shape index (κ2) is 4.76. The average molecular weight is 303 g/mol. The van der Waals surface area contributed by atoms with Gasteiger partial charge in [0.2, 0.25) is 0 Å². The maximum atomic E-state index is 11.9. The summed E-state index contributed by atoms with van der Waals surface area (Å²) in [5, 5.41) is 3.63. The van der Waals surface area contributed by atoms with Crippen LogP contribution >= 0.6 is 27.5 Å². The van der Waals surface area contributed by atoms with Crippen molar-refractivity contribution in [1.82, 2.24) is 5.32 Å². The maximum Gasteiger partial charge on any atom is 0.252 e. The van der Waals surface area contributed by atoms with Gasteiger partial charge in [-0.3, -0.25) is 4.79 Å². The van der Waals surface area contributed by atoms with Crippen LogP contribution < -0.4 is 5.32 Å². The van der Waals surface area contributed by atoms with Crippen molar-refractivity contribution in [1.29, 1.82) is 0 Å². The highest BCUT2D eigenvalue weighted by Crippen LogP contribution is 2.32. The van der Waals surface area contributed by atoms with E-state index in [2.05, 4.69) is 28.2 Å². The first-order valence-electron chi connectivity index (χ1n) is 5.34. The zero-order valence-corrected chi connectivity index (χ0v) is 11.3. The molecule has 1 aromatic carbocycles. The highest BCUT2D eigenvalue weighted by atomic mass is 79.9. The van der Waals surface area contributed by atoms with Crippen molar-refractivity contribution < 1.29 is 4.79 Å². The first kappa shape index (κ1) is 11.9. The van der Waals surface area contributed by atoms with E-state index in [0.29, 0.717) is 16.5 Å². The van der Waals surface area contributed by atoms with Crippen molar-refractivity contribution >= 4 is 33.4 Å². The fourth-order valence-corrected chi connectivity index (χ4v) is 2.53. The van der Waals surface area contributed by atoms with E-state index in [1.54, 1.807) is 18.2 Å². The molecule has 0 spiro atoms. The molecule has 0 bridgehead atoms. The Morgan fingerprint density at radius 3 is 2.81 bits per heavy atom. The van der Waals surface area contributed by atoms with Crippen molar-refractivity contribution in [3.05, 3.63) is 33.3 Å². The second-order valence-corrected chi connectivity index (χ2v) is 5.51. The molecule has 2 nitrogen and oxygen atoms in total. The van der Waals surface area contributed by atoms with Gasteiger partial charge in [-0.15, -0.1) is 0 Å². The summed E-state index contributed by atoms with van der Waals surface area (Å²) in [5.74, 6) is 0.623. The van der Waals surface area contributed by atoms with Gasteiger partial charge in [-0.1, -0.05) is 11.6 Å². The predicted octanol–water partition coefficient (Wildman–Crippen LogP) is 3.63. The number of amides is 1. The van der Waals surface area contributed by atoms with Gasteiger partial charge in [-0.05, 0) is 59.8 Å². The zero-order valence-electron chi connectivity index (χ0n) is 8.97. The molecule has 86 valence electrons. The standard InChI is InChI=1S/C12H13BrClNO/c1-7(8-2-3-8)15-12(16)10-5-4-9(14)6-11(10)13/h4-8H,2-3H2,1H3,(H,15,16). The van der Waals surface area contributed by atoms with Gasteiger partial charge in [-0.25, -0.2) is 0 Å². The number of carbonyl (C=O) groups is 1. The average Bonchev–Trinajstić information content (AvgIpc) is 2.99. The summed E-state index contributed by atoms with van der Waals surface area (Å²) in [6, 6.07) is 5.46. The van der Waals surface area contributed by atoms with E-state index in [4.69, 9.17) is 11.6 Å². The Morgan fingerprint density at radius 1 is 1.56 bits per heavy atom. The van der Waals surface area contributed by atoms with Crippen molar-refractivity contribution in [3.8, 4) is 0 Å². The molecular formula is C12H13BrClNO. The summed E-state index contributed by atoms with van der Waals surface area (Å²) < 4.78 is 0.737. The highest BCUT2D eigenvalue weighted by Gasteiger charge is 2.29. The monoisotopic (exact) mass is 301 g/mol. The number of hydrogen-bond acceptors (Lipinski definition) is 1. The van der Waals surface area contributed by atoms with Gasteiger partial charge < -0.3 is 5.32 Å². The van der Waals surface area contributed by atoms with Crippen LogP contribution in [0.5, 0.6) is 0 Å². The summed E-state index contributed by atoms with van der Waals surface area (Å²) in [6.45, 7) is 2.05. The molecule has 1 amide bonds. The molecule has 1 atom stereocenters. The maximum absolute atomic E-state index is 11.9. The molecule has 0 heterocycles. The quantitative estimate of drug-likeness (QED) is 0.907. The minimum Gasteiger partial charge on any atom is -0.349 e. The number of nitrogens with one attached hydrogen (secondary N) is 1. The first-order valence-corrected chi connectivity index (χ1v) is 6.51. The Morgan fingerprint density at radius 2 is 2.25 bits per heavy atom. The third kappa shape index (κ3) is 2.77. The molecule has 1 saturated carbocycles. The van der Waals surface area contributed by atoms with Crippen molar-refractivity contribution in [2.45, 2.75) is 25.8 Å². The molecule has 0 aromatic heterocycles. The molecule has 1 aliphatic carbocycles. The molecule has 1 aliphatic rings. The van der Waals surface area contributed by atoms with Gasteiger partial charge in [0.1, 0.15) is 0 Å². The van der Waals surface area contributed by atoms with Crippen LogP contribution in [0.2, 0.25) is 5.02 Å². The number of rotatable bonds is 3. The van der Waals surface area contributed by atoms with Crippen LogP contribution in [0.3, 0.4) is 0 Å². The molecule has 1 aromatic rings. The third-order valence-corrected chi connectivity index (χ3v) is 3.75. The zero-order chi connectivity index (χ0) is 11.7. The van der Waals surface area contributed by atoms with Gasteiger partial charge >= 0.3 is 0 Å². The van der Waals surface area contributed by atoms with Crippen LogP contribution in [0.15, 0.2) is 22.7 Å². The lowest BCUT2D eigenvalue weighted by Gasteiger charge is -2.13. The summed E-state index contributed by atoms with van der Waals surface area (Å²) >= 11 is 9.17. The molecule has 4 heteroatoms. The van der Waals surface area contributed by atoms with Gasteiger partial charge in [0.15, 0.2) is 0 Å². The largest absolute Gasteiger partial charge is 0.349 e. The molecular weight excluding hydrogens is 289 g/mol. The van der Waals surface area contributed by atoms with E-state index < -0.39 is 0 Å². The van der Waals surface area contributed by atoms with Gasteiger partial charge in [-0.2, -0.15) is 0 Å². The number of halogens is 2. The normalized spacial score (nSPS) is 16.9. The molecule has 1 unspecified atom stereocenters. The number of benzene rings is 1. The van der Waals surface area contributed by atoms with Crippen LogP contribution in [0.25, 0.3) is 0 Å². The highest BCUT2D eigenvalue weighted by molar-refractivity contribution is 9.10.